The van der Waals surface area contributed by atoms with E-state index in [1.807, 2.05) is 0 Å². The molecule has 0 saturated carbocycles. The third kappa shape index (κ3) is 4.77. The molecule has 0 aliphatic carbocycles. The molecule has 3 heterocycles. The molecule has 9 nitrogen and oxygen atoms in total. The van der Waals surface area contributed by atoms with Crippen molar-refractivity contribution in [1.29, 1.82) is 0 Å². The highest BCUT2D eigenvalue weighted by molar-refractivity contribution is 8.00. The fourth-order valence-corrected chi connectivity index (χ4v) is 5.20. The highest BCUT2D eigenvalue weighted by Gasteiger charge is 2.39. The molecule has 2 aliphatic heterocycles. The van der Waals surface area contributed by atoms with Crippen LogP contribution in [0.5, 0.6) is 5.75 Å². The second-order valence-electron chi connectivity index (χ2n) is 8.21. The zero-order valence-corrected chi connectivity index (χ0v) is 19.4. The number of aromatic nitrogens is 2. The van der Waals surface area contributed by atoms with E-state index in [0.717, 1.165) is 23.2 Å². The van der Waals surface area contributed by atoms with E-state index in [1.165, 1.54) is 23.7 Å². The van der Waals surface area contributed by atoms with Crippen LogP contribution in [0.15, 0.2) is 33.9 Å². The Hall–Kier alpha value is -2.64. The summed E-state index contributed by atoms with van der Waals surface area (Å²) in [6.07, 6.45) is -5.14. The van der Waals surface area contributed by atoms with Crippen molar-refractivity contribution in [1.82, 2.24) is 14.5 Å². The average molecular weight is 502 g/mol. The van der Waals surface area contributed by atoms with Crippen LogP contribution in [0.2, 0.25) is 0 Å². The number of hydrogen-bond acceptors (Lipinski definition) is 8. The Morgan fingerprint density at radius 1 is 1.24 bits per heavy atom. The van der Waals surface area contributed by atoms with Gasteiger partial charge in [-0.2, -0.15) is 13.2 Å². The third-order valence-corrected chi connectivity index (χ3v) is 6.99. The Morgan fingerprint density at radius 2 is 1.94 bits per heavy atom. The number of aliphatic hydroxyl groups excluding tert-OH is 1. The number of fused-ring (bicyclic) bond motifs is 1. The predicted octanol–water partition coefficient (Wildman–Crippen LogP) is 1.59. The molecule has 2 aliphatic rings. The van der Waals surface area contributed by atoms with Crippen molar-refractivity contribution in [3.05, 3.63) is 50.7 Å². The molecule has 186 valence electrons. The number of anilines is 2. The molecule has 0 radical (unpaired) electrons. The normalized spacial score (nSPS) is 22.1. The number of benzene rings is 1. The number of nitrogens with one attached hydrogen (secondary N) is 2. The van der Waals surface area contributed by atoms with Crippen LogP contribution >= 0.6 is 11.8 Å². The van der Waals surface area contributed by atoms with E-state index in [0.29, 0.717) is 11.8 Å². The number of hydrogen-bond donors (Lipinski definition) is 3. The summed E-state index contributed by atoms with van der Waals surface area (Å²) in [5, 5.41) is 15.9. The number of nitrogens with zero attached hydrogens (tertiary/aromatic N) is 3. The fraction of sp³-hybridized carbons (Fsp3) is 0.524. The van der Waals surface area contributed by atoms with Crippen molar-refractivity contribution in [2.75, 3.05) is 29.9 Å². The van der Waals surface area contributed by atoms with Gasteiger partial charge < -0.3 is 25.4 Å². The largest absolute Gasteiger partial charge is 0.452 e. The first-order valence-electron chi connectivity index (χ1n) is 10.8. The van der Waals surface area contributed by atoms with E-state index in [2.05, 4.69) is 17.6 Å². The molecule has 1 saturated heterocycles. The van der Waals surface area contributed by atoms with Crippen molar-refractivity contribution in [2.45, 2.75) is 43.0 Å². The van der Waals surface area contributed by atoms with Gasteiger partial charge in [-0.25, -0.2) is 4.79 Å². The first-order chi connectivity index (χ1) is 16.1. The lowest BCUT2D eigenvalue weighted by molar-refractivity contribution is -0.137. The van der Waals surface area contributed by atoms with Gasteiger partial charge in [0.15, 0.2) is 0 Å². The van der Waals surface area contributed by atoms with Crippen LogP contribution < -0.4 is 31.5 Å². The lowest BCUT2D eigenvalue weighted by Gasteiger charge is -2.28. The van der Waals surface area contributed by atoms with Crippen LogP contribution in [0.4, 0.5) is 24.7 Å². The molecule has 2 unspecified atom stereocenters. The minimum atomic E-state index is -4.47. The third-order valence-electron chi connectivity index (χ3n) is 5.72. The molecular weight excluding hydrogens is 475 g/mol. The summed E-state index contributed by atoms with van der Waals surface area (Å²) in [4.78, 5) is 27.8. The minimum absolute atomic E-state index is 0.0241. The highest BCUT2D eigenvalue weighted by Crippen LogP contribution is 2.35. The van der Waals surface area contributed by atoms with Gasteiger partial charge in [-0.05, 0) is 30.7 Å². The Labute approximate surface area is 197 Å². The molecular formula is C21H26F3N5O4S. The molecule has 1 aromatic heterocycles. The second-order valence-corrected chi connectivity index (χ2v) is 9.85. The standard InChI is InChI=1S/C21H26F3N5O4S/c1-12-10-25-15(34-12)11-29-16-17(27(2)20(32)28(18(16)31)8-3-9-30)26-19(29)33-14-6-4-13(5-7-14)21(22,23)24/h4-7,12,15,19,25-26,30H,3,8-11H2,1-2H3/t12?,15?,19-/m0/s1. The summed E-state index contributed by atoms with van der Waals surface area (Å²) in [5.41, 5.74) is -1.62. The molecule has 3 N–H and O–H groups in total. The molecule has 34 heavy (non-hydrogen) atoms. The Morgan fingerprint density at radius 3 is 2.53 bits per heavy atom. The van der Waals surface area contributed by atoms with E-state index in [1.54, 1.807) is 16.7 Å². The number of alkyl halides is 3. The first-order valence-corrected chi connectivity index (χ1v) is 11.7. The summed E-state index contributed by atoms with van der Waals surface area (Å²) >= 11 is 1.70. The maximum Gasteiger partial charge on any atom is 0.416 e. The molecule has 0 amide bonds. The number of halogens is 3. The van der Waals surface area contributed by atoms with Crippen molar-refractivity contribution in [2.24, 2.45) is 7.05 Å². The molecule has 1 fully saturated rings. The SMILES string of the molecule is CC1CNC(CN2c3c(n(C)c(=O)n(CCCO)c3=O)N[C@@H]2Oc2ccc(C(F)(F)F)cc2)S1. The van der Waals surface area contributed by atoms with E-state index in [9.17, 15) is 22.8 Å². The molecule has 0 bridgehead atoms. The van der Waals surface area contributed by atoms with E-state index in [-0.39, 0.29) is 42.2 Å². The van der Waals surface area contributed by atoms with E-state index >= 15 is 0 Å². The van der Waals surface area contributed by atoms with Crippen LogP contribution in [0, 0.1) is 0 Å². The van der Waals surface area contributed by atoms with Crippen LogP contribution in [-0.4, -0.2) is 50.9 Å². The van der Waals surface area contributed by atoms with Crippen molar-refractivity contribution < 1.29 is 23.0 Å². The van der Waals surface area contributed by atoms with Crippen LogP contribution in [0.25, 0.3) is 0 Å². The number of rotatable bonds is 7. The zero-order valence-electron chi connectivity index (χ0n) is 18.6. The Bertz CT molecular complexity index is 1150. The molecule has 4 rings (SSSR count). The highest BCUT2D eigenvalue weighted by atomic mass is 32.2. The van der Waals surface area contributed by atoms with Crippen LogP contribution in [0.3, 0.4) is 0 Å². The van der Waals surface area contributed by atoms with Crippen LogP contribution in [0.1, 0.15) is 18.9 Å². The van der Waals surface area contributed by atoms with Crippen molar-refractivity contribution >= 4 is 23.3 Å². The van der Waals surface area contributed by atoms with Gasteiger partial charge in [0.1, 0.15) is 17.3 Å². The second kappa shape index (κ2) is 9.55. The maximum absolute atomic E-state index is 13.3. The quantitative estimate of drug-likeness (QED) is 0.526. The molecule has 0 spiro atoms. The summed E-state index contributed by atoms with van der Waals surface area (Å²) in [6.45, 7) is 3.11. The molecule has 13 heteroatoms. The van der Waals surface area contributed by atoms with E-state index < -0.39 is 29.3 Å². The summed E-state index contributed by atoms with van der Waals surface area (Å²) in [6, 6.07) is 4.29. The zero-order chi connectivity index (χ0) is 24.6. The summed E-state index contributed by atoms with van der Waals surface area (Å²) in [5.74, 6) is 0.442. The monoisotopic (exact) mass is 501 g/mol. The van der Waals surface area contributed by atoms with Gasteiger partial charge in [-0.3, -0.25) is 13.9 Å². The fourth-order valence-electron chi connectivity index (χ4n) is 4.01. The lowest BCUT2D eigenvalue weighted by atomic mass is 10.2. The molecule has 2 aromatic rings. The van der Waals surface area contributed by atoms with Crippen molar-refractivity contribution in [3.63, 3.8) is 0 Å². The number of thioether (sulfide) groups is 1. The smallest absolute Gasteiger partial charge is 0.416 e. The van der Waals surface area contributed by atoms with Gasteiger partial charge in [0.05, 0.1) is 10.9 Å². The Kier molecular flexibility index (Phi) is 6.87. The summed E-state index contributed by atoms with van der Waals surface area (Å²) < 4.78 is 47.1. The topological polar surface area (TPSA) is 101 Å². The minimum Gasteiger partial charge on any atom is -0.452 e. The predicted molar refractivity (Wildman–Crippen MR) is 123 cm³/mol. The van der Waals surface area contributed by atoms with E-state index in [4.69, 9.17) is 9.84 Å². The van der Waals surface area contributed by atoms with Gasteiger partial charge >= 0.3 is 11.9 Å². The van der Waals surface area contributed by atoms with Gasteiger partial charge in [-0.1, -0.05) is 6.92 Å². The molecule has 3 atom stereocenters. The Balaban J connectivity index is 1.69. The molecule has 1 aromatic carbocycles. The van der Waals surface area contributed by atoms with Gasteiger partial charge in [-0.15, -0.1) is 11.8 Å². The number of ether oxygens (including phenoxy) is 1. The maximum atomic E-state index is 13.3. The van der Waals surface area contributed by atoms with Crippen LogP contribution in [-0.2, 0) is 19.8 Å². The van der Waals surface area contributed by atoms with Gasteiger partial charge in [0.2, 0.25) is 0 Å². The van der Waals surface area contributed by atoms with Gasteiger partial charge in [0, 0.05) is 38.5 Å². The summed E-state index contributed by atoms with van der Waals surface area (Å²) in [7, 11) is 1.52. The van der Waals surface area contributed by atoms with Gasteiger partial charge in [0.25, 0.3) is 11.9 Å². The average Bonchev–Trinajstić information content (AvgIpc) is 3.36. The number of aliphatic hydroxyl groups is 1. The van der Waals surface area contributed by atoms with Crippen molar-refractivity contribution in [3.8, 4) is 5.75 Å². The first kappa shape index (κ1) is 24.5. The lowest BCUT2D eigenvalue weighted by Crippen LogP contribution is -2.48.